The fourth-order valence-electron chi connectivity index (χ4n) is 1.70. The van der Waals surface area contributed by atoms with Gasteiger partial charge in [-0.1, -0.05) is 23.5 Å². The fourth-order valence-corrected chi connectivity index (χ4v) is 2.51. The molecule has 0 fully saturated rings. The smallest absolute Gasteiger partial charge is 0.350 e. The van der Waals surface area contributed by atoms with E-state index in [2.05, 4.69) is 15.5 Å². The zero-order valence-corrected chi connectivity index (χ0v) is 13.4. The van der Waals surface area contributed by atoms with Gasteiger partial charge in [0.15, 0.2) is 0 Å². The molecule has 0 saturated carbocycles. The number of carbonyl (C=O) groups excluding carboxylic acids is 1. The van der Waals surface area contributed by atoms with Crippen LogP contribution in [0.3, 0.4) is 0 Å². The quantitative estimate of drug-likeness (QED) is 0.479. The number of esters is 1. The third-order valence-corrected chi connectivity index (χ3v) is 3.83. The highest BCUT2D eigenvalue weighted by atomic mass is 32.1. The molecule has 1 heterocycles. The maximum absolute atomic E-state index is 11.7. The first-order chi connectivity index (χ1) is 11.0. The van der Waals surface area contributed by atoms with Crippen LogP contribution in [0.4, 0.5) is 5.13 Å². The Morgan fingerprint density at radius 3 is 2.70 bits per heavy atom. The van der Waals surface area contributed by atoms with Crippen LogP contribution in [-0.2, 0) is 4.74 Å². The van der Waals surface area contributed by atoms with E-state index in [1.807, 2.05) is 0 Å². The van der Waals surface area contributed by atoms with Crippen molar-refractivity contribution in [3.05, 3.63) is 46.0 Å². The molecule has 0 saturated heterocycles. The number of rotatable bonds is 6. The average Bonchev–Trinajstić information content (AvgIpc) is 2.89. The highest BCUT2D eigenvalue weighted by Gasteiger charge is 2.15. The summed E-state index contributed by atoms with van der Waals surface area (Å²) >= 11 is 1.16. The number of anilines is 1. The van der Waals surface area contributed by atoms with E-state index in [4.69, 9.17) is 9.84 Å². The molecular formula is C15H15N3O4S. The van der Waals surface area contributed by atoms with Crippen molar-refractivity contribution in [3.63, 3.8) is 0 Å². The van der Waals surface area contributed by atoms with Crippen molar-refractivity contribution in [2.24, 2.45) is 5.10 Å². The van der Waals surface area contributed by atoms with Crippen molar-refractivity contribution in [2.75, 3.05) is 12.0 Å². The summed E-state index contributed by atoms with van der Waals surface area (Å²) in [7, 11) is 0. The number of carboxylic acid groups (broad SMARTS) is 1. The molecule has 0 aliphatic heterocycles. The second-order valence-corrected chi connectivity index (χ2v) is 5.45. The van der Waals surface area contributed by atoms with Crippen LogP contribution in [0, 0.1) is 6.92 Å². The van der Waals surface area contributed by atoms with Crippen LogP contribution < -0.4 is 5.43 Å². The highest BCUT2D eigenvalue weighted by molar-refractivity contribution is 7.17. The van der Waals surface area contributed by atoms with E-state index in [9.17, 15) is 9.59 Å². The van der Waals surface area contributed by atoms with Crippen LogP contribution in [0.1, 0.15) is 38.2 Å². The summed E-state index contributed by atoms with van der Waals surface area (Å²) in [4.78, 5) is 27.1. The molecule has 8 heteroatoms. The minimum Gasteiger partial charge on any atom is -0.478 e. The van der Waals surface area contributed by atoms with Gasteiger partial charge in [0, 0.05) is 0 Å². The van der Waals surface area contributed by atoms with Gasteiger partial charge < -0.3 is 9.84 Å². The van der Waals surface area contributed by atoms with Gasteiger partial charge in [0.2, 0.25) is 5.13 Å². The average molecular weight is 333 g/mol. The monoisotopic (exact) mass is 333 g/mol. The fraction of sp³-hybridized carbons (Fsp3) is 0.200. The maximum atomic E-state index is 11.7. The van der Waals surface area contributed by atoms with E-state index < -0.39 is 11.9 Å². The van der Waals surface area contributed by atoms with Gasteiger partial charge in [-0.05, 0) is 31.5 Å². The Hall–Kier alpha value is -2.74. The lowest BCUT2D eigenvalue weighted by Gasteiger charge is -1.97. The van der Waals surface area contributed by atoms with Crippen molar-refractivity contribution in [3.8, 4) is 0 Å². The second-order valence-electron chi connectivity index (χ2n) is 4.45. The predicted octanol–water partition coefficient (Wildman–Crippen LogP) is 2.77. The molecule has 2 aromatic rings. The standard InChI is InChI=1S/C15H15N3O4S/c1-3-22-14(21)12-9(2)17-15(23-12)18-16-8-10-4-6-11(7-5-10)13(19)20/h4-8H,3H2,1-2H3,(H,17,18)(H,19,20)/b16-8+. The first kappa shape index (κ1) is 16.6. The van der Waals surface area contributed by atoms with Crippen LogP contribution in [0.2, 0.25) is 0 Å². The zero-order chi connectivity index (χ0) is 16.8. The number of hydrogen-bond donors (Lipinski definition) is 2. The number of aromatic nitrogens is 1. The molecule has 120 valence electrons. The molecule has 0 atom stereocenters. The molecule has 0 bridgehead atoms. The van der Waals surface area contributed by atoms with Gasteiger partial charge in [0.05, 0.1) is 24.1 Å². The van der Waals surface area contributed by atoms with Crippen molar-refractivity contribution in [2.45, 2.75) is 13.8 Å². The number of aryl methyl sites for hydroxylation is 1. The minimum absolute atomic E-state index is 0.213. The van der Waals surface area contributed by atoms with Gasteiger partial charge in [-0.25, -0.2) is 14.6 Å². The van der Waals surface area contributed by atoms with E-state index in [-0.39, 0.29) is 5.56 Å². The Morgan fingerprint density at radius 1 is 1.39 bits per heavy atom. The molecule has 0 amide bonds. The van der Waals surface area contributed by atoms with Gasteiger partial charge in [0.25, 0.3) is 0 Å². The van der Waals surface area contributed by atoms with Crippen LogP contribution >= 0.6 is 11.3 Å². The van der Waals surface area contributed by atoms with Crippen molar-refractivity contribution < 1.29 is 19.4 Å². The number of benzene rings is 1. The van der Waals surface area contributed by atoms with E-state index in [1.165, 1.54) is 18.3 Å². The lowest BCUT2D eigenvalue weighted by molar-refractivity contribution is 0.0530. The molecule has 2 N–H and O–H groups in total. The van der Waals surface area contributed by atoms with Crippen molar-refractivity contribution in [1.82, 2.24) is 4.98 Å². The lowest BCUT2D eigenvalue weighted by Crippen LogP contribution is -2.03. The van der Waals surface area contributed by atoms with Gasteiger partial charge in [-0.3, -0.25) is 5.43 Å². The zero-order valence-electron chi connectivity index (χ0n) is 12.6. The van der Waals surface area contributed by atoms with Crippen molar-refractivity contribution >= 4 is 34.6 Å². The van der Waals surface area contributed by atoms with Crippen LogP contribution in [0.25, 0.3) is 0 Å². The third-order valence-electron chi connectivity index (χ3n) is 2.79. The first-order valence-electron chi connectivity index (χ1n) is 6.78. The van der Waals surface area contributed by atoms with E-state index in [1.54, 1.807) is 26.0 Å². The lowest BCUT2D eigenvalue weighted by atomic mass is 10.1. The van der Waals surface area contributed by atoms with Crippen LogP contribution in [-0.4, -0.2) is 34.9 Å². The molecule has 1 aromatic heterocycles. The minimum atomic E-state index is -0.976. The normalized spacial score (nSPS) is 10.7. The molecule has 0 radical (unpaired) electrons. The number of nitrogens with one attached hydrogen (secondary N) is 1. The summed E-state index contributed by atoms with van der Waals surface area (Å²) < 4.78 is 4.94. The highest BCUT2D eigenvalue weighted by Crippen LogP contribution is 2.23. The Morgan fingerprint density at radius 2 is 2.09 bits per heavy atom. The SMILES string of the molecule is CCOC(=O)c1sc(N/N=C/c2ccc(C(=O)O)cc2)nc1C. The Kier molecular flexibility index (Phi) is 5.42. The van der Waals surface area contributed by atoms with Crippen LogP contribution in [0.15, 0.2) is 29.4 Å². The summed E-state index contributed by atoms with van der Waals surface area (Å²) in [6.07, 6.45) is 1.53. The molecule has 7 nitrogen and oxygen atoms in total. The number of carbonyl (C=O) groups is 2. The predicted molar refractivity (Wildman–Crippen MR) is 87.4 cm³/mol. The molecule has 0 aliphatic rings. The maximum Gasteiger partial charge on any atom is 0.350 e. The molecule has 0 unspecified atom stereocenters. The molecule has 0 aliphatic carbocycles. The van der Waals surface area contributed by atoms with Gasteiger partial charge in [-0.15, -0.1) is 0 Å². The number of aromatic carboxylic acids is 1. The number of ether oxygens (including phenoxy) is 1. The van der Waals surface area contributed by atoms with E-state index in [0.29, 0.717) is 22.3 Å². The largest absolute Gasteiger partial charge is 0.478 e. The molecule has 23 heavy (non-hydrogen) atoms. The summed E-state index contributed by atoms with van der Waals surface area (Å²) in [6.45, 7) is 3.78. The molecule has 0 spiro atoms. The Labute approximate surface area is 136 Å². The third kappa shape index (κ3) is 4.36. The number of thiazole rings is 1. The van der Waals surface area contributed by atoms with Crippen LogP contribution in [0.5, 0.6) is 0 Å². The van der Waals surface area contributed by atoms with Crippen molar-refractivity contribution in [1.29, 1.82) is 0 Å². The van der Waals surface area contributed by atoms with E-state index >= 15 is 0 Å². The summed E-state index contributed by atoms with van der Waals surface area (Å²) in [6, 6.07) is 6.28. The van der Waals surface area contributed by atoms with E-state index in [0.717, 1.165) is 16.9 Å². The summed E-state index contributed by atoms with van der Waals surface area (Å²) in [5.74, 6) is -1.37. The Bertz CT molecular complexity index is 738. The molecule has 2 rings (SSSR count). The first-order valence-corrected chi connectivity index (χ1v) is 7.60. The van der Waals surface area contributed by atoms with Gasteiger partial charge in [-0.2, -0.15) is 5.10 Å². The molecular weight excluding hydrogens is 318 g/mol. The summed E-state index contributed by atoms with van der Waals surface area (Å²) in [5.41, 5.74) is 4.27. The van der Waals surface area contributed by atoms with Gasteiger partial charge >= 0.3 is 11.9 Å². The van der Waals surface area contributed by atoms with Gasteiger partial charge in [0.1, 0.15) is 4.88 Å². The Balaban J connectivity index is 2.01. The number of hydrazone groups is 1. The number of hydrogen-bond acceptors (Lipinski definition) is 7. The number of nitrogens with zero attached hydrogens (tertiary/aromatic N) is 2. The summed E-state index contributed by atoms with van der Waals surface area (Å²) in [5, 5.41) is 13.3. The topological polar surface area (TPSA) is 101 Å². The molecule has 1 aromatic carbocycles. The number of carboxylic acids is 1. The second kappa shape index (κ2) is 7.50.